The van der Waals surface area contributed by atoms with Gasteiger partial charge in [0.15, 0.2) is 0 Å². The van der Waals surface area contributed by atoms with E-state index >= 15 is 0 Å². The first-order valence-corrected chi connectivity index (χ1v) is 6.21. The highest BCUT2D eigenvalue weighted by molar-refractivity contribution is 6.32. The van der Waals surface area contributed by atoms with Gasteiger partial charge in [-0.2, -0.15) is 5.10 Å². The molecule has 0 amide bonds. The van der Waals surface area contributed by atoms with Crippen LogP contribution < -0.4 is 5.32 Å². The number of nitrogens with one attached hydrogen (secondary N) is 1. The van der Waals surface area contributed by atoms with Crippen molar-refractivity contribution in [1.82, 2.24) is 15.1 Å². The van der Waals surface area contributed by atoms with Crippen molar-refractivity contribution >= 4 is 17.7 Å². The molecule has 1 fully saturated rings. The molecule has 0 spiro atoms. The molecule has 0 atom stereocenters. The summed E-state index contributed by atoms with van der Waals surface area (Å²) in [6.07, 6.45) is 5.32. The van der Waals surface area contributed by atoms with Crippen molar-refractivity contribution in [2.24, 2.45) is 7.05 Å². The summed E-state index contributed by atoms with van der Waals surface area (Å²) < 4.78 is 1.89. The van der Waals surface area contributed by atoms with Gasteiger partial charge in [0.1, 0.15) is 0 Å². The molecule has 88 valence electrons. The van der Waals surface area contributed by atoms with Crippen LogP contribution in [0.15, 0.2) is 5.57 Å². The van der Waals surface area contributed by atoms with Crippen molar-refractivity contribution in [3.63, 3.8) is 0 Å². The summed E-state index contributed by atoms with van der Waals surface area (Å²) in [6.45, 7) is 4.22. The van der Waals surface area contributed by atoms with Gasteiger partial charge in [-0.15, -0.1) is 0 Å². The first kappa shape index (κ1) is 11.7. The third-order valence-corrected chi connectivity index (χ3v) is 3.43. The highest BCUT2D eigenvalue weighted by Crippen LogP contribution is 2.25. The van der Waals surface area contributed by atoms with Crippen LogP contribution in [0.25, 0.3) is 6.08 Å². The second-order valence-corrected chi connectivity index (χ2v) is 4.55. The molecule has 3 nitrogen and oxygen atoms in total. The standard InChI is InChI=1S/C12H18ClN3/c1-3-10-12(13)11(16(2)15-10)8-9-4-6-14-7-5-9/h8,14H,3-7H2,1-2H3. The minimum atomic E-state index is 0.816. The lowest BCUT2D eigenvalue weighted by Crippen LogP contribution is -2.23. The minimum Gasteiger partial charge on any atom is -0.316 e. The van der Waals surface area contributed by atoms with Gasteiger partial charge in [0.2, 0.25) is 0 Å². The molecule has 1 aliphatic heterocycles. The normalized spacial score (nSPS) is 16.6. The van der Waals surface area contributed by atoms with Crippen molar-refractivity contribution in [3.05, 3.63) is 22.0 Å². The number of aryl methyl sites for hydroxylation is 2. The Bertz CT molecular complexity index is 399. The first-order chi connectivity index (χ1) is 7.72. The van der Waals surface area contributed by atoms with Crippen LogP contribution in [0.2, 0.25) is 5.02 Å². The number of hydrogen-bond donors (Lipinski definition) is 1. The number of nitrogens with zero attached hydrogens (tertiary/aromatic N) is 2. The summed E-state index contributed by atoms with van der Waals surface area (Å²) in [4.78, 5) is 0. The van der Waals surface area contributed by atoms with E-state index in [0.29, 0.717) is 0 Å². The van der Waals surface area contributed by atoms with Crippen LogP contribution >= 0.6 is 11.6 Å². The fourth-order valence-electron chi connectivity index (χ4n) is 2.04. The zero-order chi connectivity index (χ0) is 11.5. The van der Waals surface area contributed by atoms with Crippen LogP contribution in [0, 0.1) is 0 Å². The zero-order valence-electron chi connectivity index (χ0n) is 9.89. The van der Waals surface area contributed by atoms with Gasteiger partial charge in [-0.3, -0.25) is 4.68 Å². The lowest BCUT2D eigenvalue weighted by Gasteiger charge is -2.15. The van der Waals surface area contributed by atoms with E-state index in [9.17, 15) is 0 Å². The molecule has 16 heavy (non-hydrogen) atoms. The smallest absolute Gasteiger partial charge is 0.0891 e. The van der Waals surface area contributed by atoms with E-state index in [2.05, 4.69) is 23.4 Å². The maximum Gasteiger partial charge on any atom is 0.0891 e. The Balaban J connectivity index is 2.29. The third kappa shape index (κ3) is 2.30. The summed E-state index contributed by atoms with van der Waals surface area (Å²) in [5, 5.41) is 8.58. The Morgan fingerprint density at radius 3 is 2.69 bits per heavy atom. The van der Waals surface area contributed by atoms with Crippen LogP contribution in [0.3, 0.4) is 0 Å². The number of hydrogen-bond acceptors (Lipinski definition) is 2. The molecule has 1 saturated heterocycles. The number of rotatable bonds is 2. The summed E-state index contributed by atoms with van der Waals surface area (Å²) in [7, 11) is 1.96. The molecular formula is C12H18ClN3. The topological polar surface area (TPSA) is 29.9 Å². The maximum atomic E-state index is 6.31. The molecule has 0 bridgehead atoms. The summed E-state index contributed by atoms with van der Waals surface area (Å²) in [5.74, 6) is 0. The van der Waals surface area contributed by atoms with Crippen molar-refractivity contribution < 1.29 is 0 Å². The molecule has 2 rings (SSSR count). The van der Waals surface area contributed by atoms with E-state index in [1.807, 2.05) is 11.7 Å². The van der Waals surface area contributed by atoms with Gasteiger partial charge in [-0.25, -0.2) is 0 Å². The molecule has 4 heteroatoms. The minimum absolute atomic E-state index is 0.816. The summed E-state index contributed by atoms with van der Waals surface area (Å²) >= 11 is 6.31. The molecule has 0 aromatic carbocycles. The Labute approximate surface area is 101 Å². The molecule has 0 unspecified atom stereocenters. The molecule has 2 heterocycles. The molecule has 0 aliphatic carbocycles. The first-order valence-electron chi connectivity index (χ1n) is 5.84. The predicted octanol–water partition coefficient (Wildman–Crippen LogP) is 2.40. The van der Waals surface area contributed by atoms with E-state index < -0.39 is 0 Å². The fourth-order valence-corrected chi connectivity index (χ4v) is 2.39. The quantitative estimate of drug-likeness (QED) is 0.859. The van der Waals surface area contributed by atoms with Crippen LogP contribution in [-0.2, 0) is 13.5 Å². The van der Waals surface area contributed by atoms with Crippen LogP contribution in [0.5, 0.6) is 0 Å². The van der Waals surface area contributed by atoms with Gasteiger partial charge in [-0.05, 0) is 38.4 Å². The zero-order valence-corrected chi connectivity index (χ0v) is 10.6. The van der Waals surface area contributed by atoms with Gasteiger partial charge in [0, 0.05) is 7.05 Å². The fraction of sp³-hybridized carbons (Fsp3) is 0.583. The lowest BCUT2D eigenvalue weighted by atomic mass is 10.0. The van der Waals surface area contributed by atoms with Crippen molar-refractivity contribution in [1.29, 1.82) is 0 Å². The Morgan fingerprint density at radius 1 is 1.44 bits per heavy atom. The molecule has 1 N–H and O–H groups in total. The number of halogens is 1. The molecule has 1 aromatic rings. The van der Waals surface area contributed by atoms with Crippen LogP contribution in [0.1, 0.15) is 31.2 Å². The van der Waals surface area contributed by atoms with E-state index in [4.69, 9.17) is 11.6 Å². The summed E-state index contributed by atoms with van der Waals surface area (Å²) in [5.41, 5.74) is 3.51. The van der Waals surface area contributed by atoms with E-state index in [1.54, 1.807) is 0 Å². The molecular weight excluding hydrogens is 222 g/mol. The van der Waals surface area contributed by atoms with Crippen molar-refractivity contribution in [3.8, 4) is 0 Å². The number of piperidine rings is 1. The van der Waals surface area contributed by atoms with Gasteiger partial charge >= 0.3 is 0 Å². The summed E-state index contributed by atoms with van der Waals surface area (Å²) in [6, 6.07) is 0. The second kappa shape index (κ2) is 5.02. The Hall–Kier alpha value is -0.800. The molecule has 1 aromatic heterocycles. The Morgan fingerprint density at radius 2 is 2.12 bits per heavy atom. The highest BCUT2D eigenvalue weighted by atomic mass is 35.5. The largest absolute Gasteiger partial charge is 0.316 e. The van der Waals surface area contributed by atoms with Crippen LogP contribution in [-0.4, -0.2) is 22.9 Å². The molecule has 1 aliphatic rings. The lowest BCUT2D eigenvalue weighted by molar-refractivity contribution is 0.612. The van der Waals surface area contributed by atoms with Crippen molar-refractivity contribution in [2.75, 3.05) is 13.1 Å². The highest BCUT2D eigenvalue weighted by Gasteiger charge is 2.12. The average molecular weight is 240 g/mol. The Kier molecular flexibility index (Phi) is 3.66. The molecule has 0 saturated carbocycles. The third-order valence-electron chi connectivity index (χ3n) is 3.02. The second-order valence-electron chi connectivity index (χ2n) is 4.18. The van der Waals surface area contributed by atoms with Crippen molar-refractivity contribution in [2.45, 2.75) is 26.2 Å². The monoisotopic (exact) mass is 239 g/mol. The van der Waals surface area contributed by atoms with Gasteiger partial charge in [0.05, 0.1) is 16.4 Å². The SMILES string of the molecule is CCc1nn(C)c(C=C2CCNCC2)c1Cl. The van der Waals surface area contributed by atoms with E-state index in [1.165, 1.54) is 5.57 Å². The van der Waals surface area contributed by atoms with Crippen LogP contribution in [0.4, 0.5) is 0 Å². The van der Waals surface area contributed by atoms with Gasteiger partial charge in [-0.1, -0.05) is 24.1 Å². The number of aromatic nitrogens is 2. The van der Waals surface area contributed by atoms with E-state index in [0.717, 1.165) is 48.8 Å². The average Bonchev–Trinajstić information content (AvgIpc) is 2.58. The van der Waals surface area contributed by atoms with Gasteiger partial charge < -0.3 is 5.32 Å². The maximum absolute atomic E-state index is 6.31. The molecule has 0 radical (unpaired) electrons. The van der Waals surface area contributed by atoms with E-state index in [-0.39, 0.29) is 0 Å². The van der Waals surface area contributed by atoms with Gasteiger partial charge in [0.25, 0.3) is 0 Å². The predicted molar refractivity (Wildman–Crippen MR) is 67.7 cm³/mol.